The van der Waals surface area contributed by atoms with Gasteiger partial charge in [-0.15, -0.1) is 54.0 Å². The van der Waals surface area contributed by atoms with Crippen molar-refractivity contribution in [3.05, 3.63) is 108 Å². The van der Waals surface area contributed by atoms with Crippen molar-refractivity contribution in [1.29, 1.82) is 0 Å². The van der Waals surface area contributed by atoms with Gasteiger partial charge in [-0.25, -0.2) is 4.98 Å². The van der Waals surface area contributed by atoms with Gasteiger partial charge in [-0.2, -0.15) is 0 Å². The molecule has 4 aromatic heterocycles. The van der Waals surface area contributed by atoms with E-state index in [1.54, 1.807) is 18.5 Å². The van der Waals surface area contributed by atoms with Gasteiger partial charge >= 0.3 is 0 Å². The molecule has 52 heavy (non-hydrogen) atoms. The molecular weight excluding hydrogens is 831 g/mol. The Labute approximate surface area is 338 Å². The third-order valence-electron chi connectivity index (χ3n) is 10.5. The molecule has 2 aliphatic rings. The summed E-state index contributed by atoms with van der Waals surface area (Å²) in [5.41, 5.74) is 4.92. The Balaban J connectivity index is 0.000000203. The maximum Gasteiger partial charge on any atom is 0.216 e. The van der Waals surface area contributed by atoms with Gasteiger partial charge in [-0.3, -0.25) is 0 Å². The van der Waals surface area contributed by atoms with Gasteiger partial charge in [0, 0.05) is 54.5 Å². The topological polar surface area (TPSA) is 51.8 Å². The molecule has 0 aliphatic heterocycles. The molecule has 1 radical (unpaired) electrons. The molecule has 6 aromatic rings. The molecule has 0 saturated heterocycles. The van der Waals surface area contributed by atoms with Crippen molar-refractivity contribution in [2.24, 2.45) is 11.8 Å². The zero-order valence-electron chi connectivity index (χ0n) is 39.6. The van der Waals surface area contributed by atoms with E-state index < -0.39 is 27.2 Å². The minimum atomic E-state index is -2.30. The number of pyridine rings is 3. The first kappa shape index (κ1) is 28.1. The van der Waals surface area contributed by atoms with Crippen LogP contribution in [0.3, 0.4) is 0 Å². The Morgan fingerprint density at radius 2 is 1.71 bits per heavy atom. The van der Waals surface area contributed by atoms with Gasteiger partial charge < -0.3 is 14.4 Å². The summed E-state index contributed by atoms with van der Waals surface area (Å²) < 4.78 is 79.5. The van der Waals surface area contributed by atoms with Crippen molar-refractivity contribution in [3.8, 4) is 22.5 Å². The van der Waals surface area contributed by atoms with Crippen molar-refractivity contribution in [3.63, 3.8) is 0 Å². The van der Waals surface area contributed by atoms with E-state index in [2.05, 4.69) is 46.7 Å². The first-order chi connectivity index (χ1) is 28.3. The summed E-state index contributed by atoms with van der Waals surface area (Å²) in [6.45, 7) is 6.32. The number of benzene rings is 2. The fraction of sp³-hybridized carbons (Fsp3) is 0.413. The number of aryl methyl sites for hydroxylation is 1. The summed E-state index contributed by atoms with van der Waals surface area (Å²) in [6.07, 6.45) is 13.1. The van der Waals surface area contributed by atoms with Crippen molar-refractivity contribution < 1.29 is 36.9 Å². The Hall–Kier alpha value is -3.44. The fourth-order valence-corrected chi connectivity index (χ4v) is 9.00. The largest absolute Gasteiger partial charge is 0.486 e. The second-order valence-electron chi connectivity index (χ2n) is 15.1. The molecule has 0 amide bonds. The summed E-state index contributed by atoms with van der Waals surface area (Å²) in [5, 5.41) is 2.62. The van der Waals surface area contributed by atoms with Crippen molar-refractivity contribution in [2.45, 2.75) is 110 Å². The van der Waals surface area contributed by atoms with Gasteiger partial charge in [0.05, 0.1) is 13.7 Å². The molecule has 2 aliphatic carbocycles. The number of hydrogen-bond acceptors (Lipinski definition) is 4. The molecule has 6 heteroatoms. The minimum absolute atomic E-state index is 0. The molecule has 2 aromatic carbocycles. The summed E-state index contributed by atoms with van der Waals surface area (Å²) in [7, 11) is -1.82. The molecule has 2 fully saturated rings. The van der Waals surface area contributed by atoms with E-state index in [0.29, 0.717) is 39.6 Å². The third-order valence-corrected chi connectivity index (χ3v) is 12.5. The zero-order chi connectivity index (χ0) is 43.2. The summed E-state index contributed by atoms with van der Waals surface area (Å²) in [4.78, 5) is 13.4. The molecule has 8 rings (SSSR count). The normalized spacial score (nSPS) is 19.9. The van der Waals surface area contributed by atoms with E-state index in [-0.39, 0.29) is 55.6 Å². The van der Waals surface area contributed by atoms with E-state index >= 15 is 0 Å². The average molecular weight is 893 g/mol. The second-order valence-corrected chi connectivity index (χ2v) is 20.2. The van der Waals surface area contributed by atoms with Crippen LogP contribution in [-0.4, -0.2) is 23.0 Å². The average Bonchev–Trinajstić information content (AvgIpc) is 3.61. The molecule has 0 bridgehead atoms. The van der Waals surface area contributed by atoms with E-state index in [4.69, 9.17) is 16.8 Å². The Kier molecular flexibility index (Phi) is 9.25. The SMILES string of the molecule is [2H]C([2H])([2H])c1ccc2c(n1)oc1c(-c3cc(C([2H])(C)C4CCCCC4)ccn3)[c-]ccc12.[2H]c1[c-]c(-c2cc(C([2H])([2H])C3CCCCC3)c([Si](C)(C)C)cn2)cc([2H])c1[2H].[Ir]. The maximum atomic E-state index is 9.13. The second kappa shape index (κ2) is 17.1. The van der Waals surface area contributed by atoms with E-state index in [1.165, 1.54) is 37.8 Å². The number of rotatable bonds is 7. The smallest absolute Gasteiger partial charge is 0.216 e. The maximum absolute atomic E-state index is 9.13. The van der Waals surface area contributed by atoms with Crippen molar-refractivity contribution >= 4 is 35.3 Å². The molecule has 1 unspecified atom stereocenters. The minimum Gasteiger partial charge on any atom is -0.486 e. The van der Waals surface area contributed by atoms with Gasteiger partial charge in [0.2, 0.25) is 5.71 Å². The number of nitrogens with zero attached hydrogens (tertiary/aromatic N) is 3. The van der Waals surface area contributed by atoms with E-state index in [9.17, 15) is 0 Å². The molecule has 2 saturated carbocycles. The van der Waals surface area contributed by atoms with Crippen LogP contribution in [0, 0.1) is 30.8 Å². The van der Waals surface area contributed by atoms with Crippen LogP contribution in [-0.2, 0) is 26.5 Å². The third kappa shape index (κ3) is 8.84. The molecule has 0 N–H and O–H groups in total. The van der Waals surface area contributed by atoms with Crippen LogP contribution >= 0.6 is 0 Å². The van der Waals surface area contributed by atoms with Crippen LogP contribution in [0.4, 0.5) is 0 Å². The van der Waals surface area contributed by atoms with Gasteiger partial charge in [0.1, 0.15) is 0 Å². The molecule has 4 heterocycles. The van der Waals surface area contributed by atoms with Crippen LogP contribution in [0.1, 0.15) is 106 Å². The van der Waals surface area contributed by atoms with Crippen molar-refractivity contribution in [2.75, 3.05) is 0 Å². The summed E-state index contributed by atoms with van der Waals surface area (Å²) in [6, 6.07) is 20.0. The van der Waals surface area contributed by atoms with Crippen LogP contribution in [0.25, 0.3) is 44.6 Å². The van der Waals surface area contributed by atoms with Gasteiger partial charge in [0.25, 0.3) is 0 Å². The quantitative estimate of drug-likeness (QED) is 0.118. The number of fused-ring (bicyclic) bond motifs is 3. The van der Waals surface area contributed by atoms with E-state index in [1.807, 2.05) is 37.3 Å². The fourth-order valence-electron chi connectivity index (χ4n) is 7.60. The van der Waals surface area contributed by atoms with E-state index in [0.717, 1.165) is 60.0 Å². The van der Waals surface area contributed by atoms with Crippen LogP contribution < -0.4 is 5.19 Å². The zero-order valence-corrected chi connectivity index (χ0v) is 34.0. The van der Waals surface area contributed by atoms with Gasteiger partial charge in [-0.05, 0) is 79.9 Å². The Morgan fingerprint density at radius 1 is 0.923 bits per heavy atom. The Bertz CT molecular complexity index is 2480. The molecule has 273 valence electrons. The van der Waals surface area contributed by atoms with Gasteiger partial charge in [-0.1, -0.05) is 112 Å². The summed E-state index contributed by atoms with van der Waals surface area (Å²) in [5.74, 6) is -0.347. The number of hydrogen-bond donors (Lipinski definition) is 0. The number of aromatic nitrogens is 3. The molecule has 0 spiro atoms. The summed E-state index contributed by atoms with van der Waals surface area (Å²) >= 11 is 0. The van der Waals surface area contributed by atoms with Crippen LogP contribution in [0.5, 0.6) is 0 Å². The predicted molar refractivity (Wildman–Crippen MR) is 215 cm³/mol. The molecule has 1 atom stereocenters. The number of furan rings is 1. The van der Waals surface area contributed by atoms with Crippen LogP contribution in [0.15, 0.2) is 83.5 Å². The Morgan fingerprint density at radius 3 is 2.46 bits per heavy atom. The molecule has 4 nitrogen and oxygen atoms in total. The van der Waals surface area contributed by atoms with Gasteiger partial charge in [0.15, 0.2) is 0 Å². The van der Waals surface area contributed by atoms with Crippen molar-refractivity contribution in [1.82, 2.24) is 15.0 Å². The predicted octanol–water partition coefficient (Wildman–Crippen LogP) is 12.0. The first-order valence-corrected chi connectivity index (χ1v) is 22.0. The monoisotopic (exact) mass is 893 g/mol. The standard InChI is InChI=1S/C25H25N2O.C21H28NSi.Ir/c1-16-11-12-21-20-9-6-10-22(24(20)28-25(21)27-16)23-15-19(13-14-26-23)17(2)18-7-4-3-5-8-18;1-23(2,3)21-16-22-20(18-12-8-5-9-13-18)15-19(21)14-17-10-6-4-7-11-17;/h6,9,11-15,17-18H,3-5,7-8H2,1-2H3;5,8-9,12,15-17H,4,6-7,10-11,14H2,1-3H3;/q2*-1;/i1D3,17D;5D,8D,9D,14D2;. The first-order valence-electron chi connectivity index (χ1n) is 23.0. The van der Waals surface area contributed by atoms with Crippen LogP contribution in [0.2, 0.25) is 19.6 Å². The molecular formula is C46H53IrN3OSi-2.